The summed E-state index contributed by atoms with van der Waals surface area (Å²) in [5.41, 5.74) is 0. The Bertz CT molecular complexity index is 269. The third-order valence-electron chi connectivity index (χ3n) is 2.12. The molecule has 5 heteroatoms. The van der Waals surface area contributed by atoms with Gasteiger partial charge in [-0.25, -0.2) is 4.79 Å². The number of rotatable bonds is 2. The molecule has 1 unspecified atom stereocenters. The first-order chi connectivity index (χ1) is 6.16. The largest absolute Gasteiger partial charge is 0.465 e. The van der Waals surface area contributed by atoms with E-state index in [2.05, 4.69) is 0 Å². The van der Waals surface area contributed by atoms with Crippen molar-refractivity contribution in [1.29, 1.82) is 5.26 Å². The molecule has 70 valence electrons. The second-order valence-electron chi connectivity index (χ2n) is 2.94. The smallest absolute Gasteiger partial charge is 0.407 e. The minimum absolute atomic E-state index is 0.200. The van der Waals surface area contributed by atoms with Crippen molar-refractivity contribution in [3.63, 3.8) is 0 Å². The predicted octanol–water partition coefficient (Wildman–Crippen LogP) is 0.612. The van der Waals surface area contributed by atoms with Crippen LogP contribution in [0.1, 0.15) is 19.3 Å². The zero-order chi connectivity index (χ0) is 9.84. The van der Waals surface area contributed by atoms with Crippen LogP contribution in [0.25, 0.3) is 0 Å². The summed E-state index contributed by atoms with van der Waals surface area (Å²) in [6.45, 7) is 0.400. The first-order valence-electron chi connectivity index (χ1n) is 4.06. The minimum atomic E-state index is -1.08. The van der Waals surface area contributed by atoms with Crippen LogP contribution in [-0.2, 0) is 4.79 Å². The van der Waals surface area contributed by atoms with Crippen molar-refractivity contribution < 1.29 is 14.7 Å². The zero-order valence-electron chi connectivity index (χ0n) is 7.06. The third-order valence-corrected chi connectivity index (χ3v) is 2.12. The van der Waals surface area contributed by atoms with Gasteiger partial charge >= 0.3 is 6.09 Å². The van der Waals surface area contributed by atoms with Gasteiger partial charge in [0.15, 0.2) is 5.78 Å². The van der Waals surface area contributed by atoms with Crippen LogP contribution in [0.3, 0.4) is 0 Å². The van der Waals surface area contributed by atoms with Gasteiger partial charge in [-0.2, -0.15) is 5.26 Å². The fourth-order valence-electron chi connectivity index (χ4n) is 1.53. The van der Waals surface area contributed by atoms with Gasteiger partial charge in [-0.1, -0.05) is 0 Å². The lowest BCUT2D eigenvalue weighted by Crippen LogP contribution is -2.39. The highest BCUT2D eigenvalue weighted by atomic mass is 16.4. The number of carboxylic acid groups (broad SMARTS) is 1. The highest BCUT2D eigenvalue weighted by Gasteiger charge is 2.33. The van der Waals surface area contributed by atoms with Gasteiger partial charge < -0.3 is 5.11 Å². The van der Waals surface area contributed by atoms with Crippen molar-refractivity contribution in [3.8, 4) is 6.07 Å². The Morgan fingerprint density at radius 3 is 2.85 bits per heavy atom. The molecular weight excluding hydrogens is 172 g/mol. The maximum Gasteiger partial charge on any atom is 0.407 e. The van der Waals surface area contributed by atoms with Crippen molar-refractivity contribution in [2.75, 3.05) is 6.54 Å². The van der Waals surface area contributed by atoms with Crippen LogP contribution in [0, 0.1) is 11.3 Å². The normalized spacial score (nSPS) is 21.2. The molecule has 1 rings (SSSR count). The van der Waals surface area contributed by atoms with E-state index in [9.17, 15) is 9.59 Å². The Kier molecular flexibility index (Phi) is 2.85. The molecule has 1 fully saturated rings. The fraction of sp³-hybridized carbons (Fsp3) is 0.625. The molecule has 5 nitrogen and oxygen atoms in total. The average Bonchev–Trinajstić information content (AvgIpc) is 2.52. The number of carbonyl (C=O) groups excluding carboxylic acids is 1. The van der Waals surface area contributed by atoms with Crippen LogP contribution < -0.4 is 0 Å². The lowest BCUT2D eigenvalue weighted by Gasteiger charge is -2.18. The summed E-state index contributed by atoms with van der Waals surface area (Å²) in [7, 11) is 0. The second kappa shape index (κ2) is 3.90. The van der Waals surface area contributed by atoms with Gasteiger partial charge in [0.25, 0.3) is 0 Å². The molecule has 0 saturated carbocycles. The molecule has 1 aliphatic heterocycles. The van der Waals surface area contributed by atoms with Gasteiger partial charge in [0.1, 0.15) is 0 Å². The Morgan fingerprint density at radius 1 is 1.62 bits per heavy atom. The number of likely N-dealkylation sites (tertiary alicyclic amines) is 1. The molecule has 0 radical (unpaired) electrons. The van der Waals surface area contributed by atoms with Crippen molar-refractivity contribution in [2.24, 2.45) is 0 Å². The molecule has 13 heavy (non-hydrogen) atoms. The van der Waals surface area contributed by atoms with Crippen LogP contribution in [0.5, 0.6) is 0 Å². The van der Waals surface area contributed by atoms with Gasteiger partial charge in [0, 0.05) is 6.54 Å². The molecule has 0 bridgehead atoms. The maximum absolute atomic E-state index is 11.2. The maximum atomic E-state index is 11.2. The SMILES string of the molecule is N#CCC(=O)C1CCCN1C(=O)O. The summed E-state index contributed by atoms with van der Waals surface area (Å²) < 4.78 is 0. The zero-order valence-corrected chi connectivity index (χ0v) is 7.06. The summed E-state index contributed by atoms with van der Waals surface area (Å²) in [5.74, 6) is -0.289. The number of nitriles is 1. The van der Waals surface area contributed by atoms with Gasteiger partial charge in [-0.05, 0) is 12.8 Å². The molecule has 1 heterocycles. The average molecular weight is 182 g/mol. The first-order valence-corrected chi connectivity index (χ1v) is 4.06. The summed E-state index contributed by atoms with van der Waals surface area (Å²) in [5, 5.41) is 17.0. The van der Waals surface area contributed by atoms with E-state index in [1.807, 2.05) is 0 Å². The molecule has 0 spiro atoms. The first kappa shape index (κ1) is 9.52. The lowest BCUT2D eigenvalue weighted by atomic mass is 10.1. The van der Waals surface area contributed by atoms with Crippen molar-refractivity contribution in [1.82, 2.24) is 4.90 Å². The number of ketones is 1. The van der Waals surface area contributed by atoms with Crippen LogP contribution in [0.15, 0.2) is 0 Å². The van der Waals surface area contributed by atoms with E-state index in [4.69, 9.17) is 10.4 Å². The molecule has 0 aromatic rings. The number of amides is 1. The van der Waals surface area contributed by atoms with Gasteiger partial charge in [0.2, 0.25) is 0 Å². The van der Waals surface area contributed by atoms with Gasteiger partial charge in [-0.3, -0.25) is 9.69 Å². The van der Waals surface area contributed by atoms with E-state index in [1.54, 1.807) is 6.07 Å². The van der Waals surface area contributed by atoms with Crippen molar-refractivity contribution in [3.05, 3.63) is 0 Å². The highest BCUT2D eigenvalue weighted by molar-refractivity contribution is 5.88. The van der Waals surface area contributed by atoms with Gasteiger partial charge in [-0.15, -0.1) is 0 Å². The molecule has 1 aliphatic rings. The molecule has 0 aliphatic carbocycles. The number of hydrogen-bond acceptors (Lipinski definition) is 3. The number of carbonyl (C=O) groups is 2. The Labute approximate surface area is 75.6 Å². The Morgan fingerprint density at radius 2 is 2.31 bits per heavy atom. The predicted molar refractivity (Wildman–Crippen MR) is 43.0 cm³/mol. The van der Waals surface area contributed by atoms with E-state index in [0.717, 1.165) is 4.90 Å². The molecule has 0 aromatic carbocycles. The van der Waals surface area contributed by atoms with E-state index in [1.165, 1.54) is 0 Å². The van der Waals surface area contributed by atoms with Crippen molar-refractivity contribution >= 4 is 11.9 Å². The number of hydrogen-bond donors (Lipinski definition) is 1. The molecule has 1 N–H and O–H groups in total. The van der Waals surface area contributed by atoms with Crippen LogP contribution in [0.2, 0.25) is 0 Å². The summed E-state index contributed by atoms with van der Waals surface area (Å²) in [4.78, 5) is 23.0. The summed E-state index contributed by atoms with van der Waals surface area (Å²) in [6, 6.07) is 1.15. The topological polar surface area (TPSA) is 81.4 Å². The molecule has 1 saturated heterocycles. The molecule has 1 atom stereocenters. The van der Waals surface area contributed by atoms with E-state index < -0.39 is 12.1 Å². The van der Waals surface area contributed by atoms with E-state index >= 15 is 0 Å². The number of Topliss-reactive ketones (excluding diaryl/α,β-unsaturated/α-hetero) is 1. The lowest BCUT2D eigenvalue weighted by molar-refractivity contribution is -0.121. The standard InChI is InChI=1S/C8H10N2O3/c9-4-3-7(11)6-2-1-5-10(6)8(12)13/h6H,1-3,5H2,(H,12,13). The van der Waals surface area contributed by atoms with Crippen LogP contribution >= 0.6 is 0 Å². The molecule has 1 amide bonds. The van der Waals surface area contributed by atoms with Gasteiger partial charge in [0.05, 0.1) is 18.5 Å². The monoisotopic (exact) mass is 182 g/mol. The Balaban J connectivity index is 2.64. The summed E-state index contributed by atoms with van der Waals surface area (Å²) in [6.07, 6.45) is -0.0242. The highest BCUT2D eigenvalue weighted by Crippen LogP contribution is 2.18. The number of nitrogens with zero attached hydrogens (tertiary/aromatic N) is 2. The minimum Gasteiger partial charge on any atom is -0.465 e. The van der Waals surface area contributed by atoms with E-state index in [-0.39, 0.29) is 12.2 Å². The second-order valence-corrected chi connectivity index (χ2v) is 2.94. The van der Waals surface area contributed by atoms with Crippen molar-refractivity contribution in [2.45, 2.75) is 25.3 Å². The quantitative estimate of drug-likeness (QED) is 0.678. The summed E-state index contributed by atoms with van der Waals surface area (Å²) >= 11 is 0. The third kappa shape index (κ3) is 1.96. The van der Waals surface area contributed by atoms with E-state index in [0.29, 0.717) is 19.4 Å². The molecular formula is C8H10N2O3. The molecule has 0 aromatic heterocycles. The Hall–Kier alpha value is -1.57. The fourth-order valence-corrected chi connectivity index (χ4v) is 1.53. The van der Waals surface area contributed by atoms with Crippen LogP contribution in [-0.4, -0.2) is 34.5 Å². The van der Waals surface area contributed by atoms with Crippen LogP contribution in [0.4, 0.5) is 4.79 Å².